The Hall–Kier alpha value is -3.49. The van der Waals surface area contributed by atoms with E-state index >= 15 is 0 Å². The molecule has 1 atom stereocenters. The Morgan fingerprint density at radius 1 is 1.11 bits per heavy atom. The number of halogens is 2. The summed E-state index contributed by atoms with van der Waals surface area (Å²) in [4.78, 5) is 39.9. The van der Waals surface area contributed by atoms with Crippen LogP contribution < -0.4 is 9.64 Å². The van der Waals surface area contributed by atoms with E-state index in [0.717, 1.165) is 21.3 Å². The predicted octanol–water partition coefficient (Wildman–Crippen LogP) is 5.02. The van der Waals surface area contributed by atoms with E-state index in [2.05, 4.69) is 21.0 Å². The Morgan fingerprint density at radius 3 is 2.60 bits per heavy atom. The second-order valence-electron chi connectivity index (χ2n) is 8.17. The van der Waals surface area contributed by atoms with E-state index < -0.39 is 17.6 Å². The third-order valence-electron chi connectivity index (χ3n) is 6.05. The van der Waals surface area contributed by atoms with E-state index in [4.69, 9.17) is 16.3 Å². The molecule has 0 radical (unpaired) electrons. The molecule has 0 aromatic heterocycles. The molecule has 35 heavy (non-hydrogen) atoms. The number of hydrogen-bond acceptors (Lipinski definition) is 5. The average Bonchev–Trinajstić information content (AvgIpc) is 3.40. The van der Waals surface area contributed by atoms with Crippen LogP contribution in [0.2, 0.25) is 5.02 Å². The van der Waals surface area contributed by atoms with Crippen LogP contribution in [0.4, 0.5) is 5.69 Å². The third-order valence-corrected chi connectivity index (χ3v) is 6.78. The van der Waals surface area contributed by atoms with Gasteiger partial charge in [0.05, 0.1) is 30.1 Å². The molecule has 7 nitrogen and oxygen atoms in total. The van der Waals surface area contributed by atoms with Crippen LogP contribution in [-0.2, 0) is 9.59 Å². The highest BCUT2D eigenvalue weighted by Crippen LogP contribution is 2.36. The number of carbonyl (C=O) groups is 3. The lowest BCUT2D eigenvalue weighted by atomic mass is 9.98. The number of amides is 2. The normalized spacial score (nSPS) is 17.0. The standard InChI is InChI=1S/C26H19BrClN3O4/c1-35-19-8-5-15(6-9-19)23-13-21(16-3-2-4-17(27)11-16)29-31(23)24(32)14-30-22-10-7-18(28)12-20(22)25(33)26(30)34/h2-12,23H,13-14H2,1H3. The number of fused-ring (bicyclic) bond motifs is 1. The highest BCUT2D eigenvalue weighted by atomic mass is 79.9. The molecule has 1 unspecified atom stereocenters. The van der Waals surface area contributed by atoms with Crippen molar-refractivity contribution in [1.29, 1.82) is 0 Å². The van der Waals surface area contributed by atoms with Crippen molar-refractivity contribution in [2.75, 3.05) is 18.6 Å². The number of nitrogens with zero attached hydrogens (tertiary/aromatic N) is 3. The molecule has 0 saturated heterocycles. The van der Waals surface area contributed by atoms with Crippen LogP contribution in [0.25, 0.3) is 0 Å². The van der Waals surface area contributed by atoms with Crippen LogP contribution >= 0.6 is 27.5 Å². The highest BCUT2D eigenvalue weighted by molar-refractivity contribution is 9.10. The van der Waals surface area contributed by atoms with Gasteiger partial charge >= 0.3 is 0 Å². The van der Waals surface area contributed by atoms with Gasteiger partial charge in [0.2, 0.25) is 0 Å². The van der Waals surface area contributed by atoms with Crippen molar-refractivity contribution in [1.82, 2.24) is 5.01 Å². The van der Waals surface area contributed by atoms with Crippen LogP contribution in [0.15, 0.2) is 76.3 Å². The van der Waals surface area contributed by atoms with Crippen molar-refractivity contribution in [2.45, 2.75) is 12.5 Å². The third kappa shape index (κ3) is 4.35. The minimum atomic E-state index is -0.757. The van der Waals surface area contributed by atoms with Gasteiger partial charge in [-0.25, -0.2) is 5.01 Å². The topological polar surface area (TPSA) is 79.3 Å². The Kier molecular flexibility index (Phi) is 6.17. The Bertz CT molecular complexity index is 1390. The molecule has 2 amide bonds. The Morgan fingerprint density at radius 2 is 1.89 bits per heavy atom. The first-order valence-corrected chi connectivity index (χ1v) is 12.0. The monoisotopic (exact) mass is 551 g/mol. The van der Waals surface area contributed by atoms with Gasteiger partial charge in [0.1, 0.15) is 12.3 Å². The second-order valence-corrected chi connectivity index (χ2v) is 9.52. The minimum absolute atomic E-state index is 0.196. The molecule has 176 valence electrons. The van der Waals surface area contributed by atoms with Crippen molar-refractivity contribution >= 4 is 56.5 Å². The van der Waals surface area contributed by atoms with E-state index in [0.29, 0.717) is 22.9 Å². The molecule has 2 aliphatic rings. The Labute approximate surface area is 215 Å². The molecule has 0 fully saturated rings. The number of benzene rings is 3. The number of rotatable bonds is 5. The zero-order valence-corrected chi connectivity index (χ0v) is 20.9. The molecule has 9 heteroatoms. The molecule has 5 rings (SSSR count). The predicted molar refractivity (Wildman–Crippen MR) is 136 cm³/mol. The molecular weight excluding hydrogens is 534 g/mol. The van der Waals surface area contributed by atoms with Crippen molar-refractivity contribution < 1.29 is 19.1 Å². The Balaban J connectivity index is 1.48. The van der Waals surface area contributed by atoms with Crippen LogP contribution in [-0.4, -0.2) is 42.0 Å². The van der Waals surface area contributed by atoms with Gasteiger partial charge in [-0.2, -0.15) is 5.10 Å². The lowest BCUT2D eigenvalue weighted by Gasteiger charge is -2.25. The van der Waals surface area contributed by atoms with Crippen LogP contribution in [0.1, 0.15) is 33.9 Å². The van der Waals surface area contributed by atoms with Gasteiger partial charge < -0.3 is 4.74 Å². The fourth-order valence-electron chi connectivity index (χ4n) is 4.31. The summed E-state index contributed by atoms with van der Waals surface area (Å²) in [5, 5.41) is 6.41. The zero-order chi connectivity index (χ0) is 24.7. The second kappa shape index (κ2) is 9.28. The molecule has 3 aromatic carbocycles. The maximum Gasteiger partial charge on any atom is 0.299 e. The molecule has 0 saturated carbocycles. The van der Waals surface area contributed by atoms with Gasteiger partial charge in [-0.05, 0) is 53.6 Å². The van der Waals surface area contributed by atoms with Gasteiger partial charge in [0.15, 0.2) is 0 Å². The first-order chi connectivity index (χ1) is 16.9. The number of Topliss-reactive ketones (excluding diaryl/α,β-unsaturated/α-hetero) is 1. The minimum Gasteiger partial charge on any atom is -0.497 e. The average molecular weight is 553 g/mol. The molecule has 0 N–H and O–H groups in total. The van der Waals surface area contributed by atoms with Crippen LogP contribution in [0.3, 0.4) is 0 Å². The molecule has 0 spiro atoms. The molecule has 0 aliphatic carbocycles. The summed E-state index contributed by atoms with van der Waals surface area (Å²) < 4.78 is 6.16. The maximum atomic E-state index is 13.5. The quantitative estimate of drug-likeness (QED) is 0.417. The van der Waals surface area contributed by atoms with Gasteiger partial charge in [0, 0.05) is 15.9 Å². The first kappa shape index (κ1) is 23.3. The zero-order valence-electron chi connectivity index (χ0n) is 18.6. The summed E-state index contributed by atoms with van der Waals surface area (Å²) in [6.45, 7) is -0.318. The summed E-state index contributed by atoms with van der Waals surface area (Å²) in [5.74, 6) is -1.14. The fraction of sp³-hybridized carbons (Fsp3) is 0.154. The number of hydrogen-bond donors (Lipinski definition) is 0. The van der Waals surface area contributed by atoms with Crippen LogP contribution in [0.5, 0.6) is 5.75 Å². The SMILES string of the molecule is COc1ccc(C2CC(c3cccc(Br)c3)=NN2C(=O)CN2C(=O)C(=O)c3cc(Cl)ccc32)cc1. The smallest absolute Gasteiger partial charge is 0.299 e. The summed E-state index contributed by atoms with van der Waals surface area (Å²) in [7, 11) is 1.59. The van der Waals surface area contributed by atoms with E-state index in [-0.39, 0.29) is 18.2 Å². The summed E-state index contributed by atoms with van der Waals surface area (Å²) in [6, 6.07) is 19.4. The summed E-state index contributed by atoms with van der Waals surface area (Å²) >= 11 is 9.49. The fourth-order valence-corrected chi connectivity index (χ4v) is 4.88. The number of ether oxygens (including phenoxy) is 1. The van der Waals surface area contributed by atoms with E-state index in [1.807, 2.05) is 48.5 Å². The number of methoxy groups -OCH3 is 1. The van der Waals surface area contributed by atoms with Crippen molar-refractivity contribution in [3.05, 3.63) is 92.9 Å². The van der Waals surface area contributed by atoms with Gasteiger partial charge in [-0.15, -0.1) is 0 Å². The molecular formula is C26H19BrClN3O4. The van der Waals surface area contributed by atoms with Crippen LogP contribution in [0, 0.1) is 0 Å². The number of carbonyl (C=O) groups excluding carboxylic acids is 3. The number of ketones is 1. The van der Waals surface area contributed by atoms with Crippen molar-refractivity contribution in [3.63, 3.8) is 0 Å². The van der Waals surface area contributed by atoms with Crippen molar-refractivity contribution in [3.8, 4) is 5.75 Å². The lowest BCUT2D eigenvalue weighted by molar-refractivity contribution is -0.132. The van der Waals surface area contributed by atoms with E-state index in [1.165, 1.54) is 16.0 Å². The first-order valence-electron chi connectivity index (χ1n) is 10.8. The molecule has 3 aromatic rings. The molecule has 2 aliphatic heterocycles. The maximum absolute atomic E-state index is 13.5. The molecule has 0 bridgehead atoms. The molecule has 2 heterocycles. The van der Waals surface area contributed by atoms with Gasteiger partial charge in [-0.3, -0.25) is 19.3 Å². The van der Waals surface area contributed by atoms with Crippen molar-refractivity contribution in [2.24, 2.45) is 5.10 Å². The van der Waals surface area contributed by atoms with Gasteiger partial charge in [-0.1, -0.05) is 51.8 Å². The van der Waals surface area contributed by atoms with E-state index in [9.17, 15) is 14.4 Å². The largest absolute Gasteiger partial charge is 0.497 e. The number of anilines is 1. The van der Waals surface area contributed by atoms with Gasteiger partial charge in [0.25, 0.3) is 17.6 Å². The lowest BCUT2D eigenvalue weighted by Crippen LogP contribution is -2.40. The highest BCUT2D eigenvalue weighted by Gasteiger charge is 2.40. The summed E-state index contributed by atoms with van der Waals surface area (Å²) in [5.41, 5.74) is 3.08. The van der Waals surface area contributed by atoms with E-state index in [1.54, 1.807) is 19.2 Å². The summed E-state index contributed by atoms with van der Waals surface area (Å²) in [6.07, 6.45) is 0.494. The number of hydrazone groups is 1.